The van der Waals surface area contributed by atoms with E-state index in [0.29, 0.717) is 22.1 Å². The minimum absolute atomic E-state index is 0.0824. The Kier molecular flexibility index (Phi) is 3.30. The molecule has 8 heteroatoms. The third-order valence-electron chi connectivity index (χ3n) is 2.62. The number of aryl methyl sites for hydroxylation is 2. The van der Waals surface area contributed by atoms with Crippen LogP contribution in [0.25, 0.3) is 0 Å². The number of hydrogen-bond acceptors (Lipinski definition) is 5. The van der Waals surface area contributed by atoms with Crippen molar-refractivity contribution >= 4 is 34.5 Å². The van der Waals surface area contributed by atoms with Crippen LogP contribution in [0, 0.1) is 17.0 Å². The Morgan fingerprint density at radius 3 is 2.84 bits per heavy atom. The van der Waals surface area contributed by atoms with Gasteiger partial charge in [0, 0.05) is 12.7 Å². The van der Waals surface area contributed by atoms with E-state index in [4.69, 9.17) is 17.3 Å². The van der Waals surface area contributed by atoms with Crippen LogP contribution in [0.5, 0.6) is 0 Å². The van der Waals surface area contributed by atoms with Gasteiger partial charge in [0.25, 0.3) is 0 Å². The van der Waals surface area contributed by atoms with Crippen molar-refractivity contribution in [2.24, 2.45) is 7.05 Å². The van der Waals surface area contributed by atoms with Gasteiger partial charge >= 0.3 is 5.69 Å². The molecule has 0 amide bonds. The van der Waals surface area contributed by atoms with E-state index in [-0.39, 0.29) is 11.5 Å². The topological polar surface area (TPSA) is 99.0 Å². The van der Waals surface area contributed by atoms with Crippen molar-refractivity contribution in [3.05, 3.63) is 39.0 Å². The lowest BCUT2D eigenvalue weighted by Gasteiger charge is -2.08. The second-order valence-electron chi connectivity index (χ2n) is 4.03. The molecule has 1 heterocycles. The maximum Gasteiger partial charge on any atom is 0.334 e. The fourth-order valence-corrected chi connectivity index (χ4v) is 1.94. The van der Waals surface area contributed by atoms with Gasteiger partial charge in [-0.2, -0.15) is 5.10 Å². The van der Waals surface area contributed by atoms with Crippen LogP contribution in [0.1, 0.15) is 5.69 Å². The first-order valence-electron chi connectivity index (χ1n) is 5.40. The lowest BCUT2D eigenvalue weighted by atomic mass is 10.2. The highest BCUT2D eigenvalue weighted by Crippen LogP contribution is 2.33. The van der Waals surface area contributed by atoms with Crippen LogP contribution in [-0.2, 0) is 7.05 Å². The molecule has 0 radical (unpaired) electrons. The minimum atomic E-state index is -0.481. The third-order valence-corrected chi connectivity index (χ3v) is 2.95. The molecule has 7 nitrogen and oxygen atoms in total. The first kappa shape index (κ1) is 13.2. The highest BCUT2D eigenvalue weighted by Gasteiger charge is 2.24. The Balaban J connectivity index is 2.49. The predicted octanol–water partition coefficient (Wildman–Crippen LogP) is 2.62. The van der Waals surface area contributed by atoms with E-state index in [2.05, 4.69) is 10.4 Å². The van der Waals surface area contributed by atoms with Crippen LogP contribution in [0.15, 0.2) is 18.2 Å². The van der Waals surface area contributed by atoms with Crippen molar-refractivity contribution in [1.82, 2.24) is 9.78 Å². The second kappa shape index (κ2) is 4.77. The van der Waals surface area contributed by atoms with Crippen molar-refractivity contribution in [2.45, 2.75) is 6.92 Å². The van der Waals surface area contributed by atoms with Crippen LogP contribution >= 0.6 is 11.6 Å². The summed E-state index contributed by atoms with van der Waals surface area (Å²) in [5.74, 6) is 0.259. The molecule has 0 fully saturated rings. The van der Waals surface area contributed by atoms with Gasteiger partial charge < -0.3 is 11.1 Å². The fourth-order valence-electron chi connectivity index (χ4n) is 1.77. The number of aromatic nitrogens is 2. The van der Waals surface area contributed by atoms with Crippen LogP contribution in [-0.4, -0.2) is 14.7 Å². The first-order valence-corrected chi connectivity index (χ1v) is 5.78. The Labute approximate surface area is 114 Å². The van der Waals surface area contributed by atoms with E-state index >= 15 is 0 Å². The summed E-state index contributed by atoms with van der Waals surface area (Å²) < 4.78 is 1.40. The van der Waals surface area contributed by atoms with Gasteiger partial charge in [-0.1, -0.05) is 11.6 Å². The molecular formula is C11H12ClN5O2. The van der Waals surface area contributed by atoms with Crippen molar-refractivity contribution in [1.29, 1.82) is 0 Å². The number of benzene rings is 1. The normalized spacial score (nSPS) is 10.5. The number of halogens is 1. The maximum atomic E-state index is 11.1. The standard InChI is InChI=1S/C11H12ClN5O2/c1-6-10(17(18)19)11(16(2)15-6)14-9-5-7(13)3-4-8(9)12/h3-5,14H,13H2,1-2H3. The van der Waals surface area contributed by atoms with Gasteiger partial charge in [0.2, 0.25) is 5.82 Å². The average Bonchev–Trinajstić information content (AvgIpc) is 2.59. The first-order chi connectivity index (χ1) is 8.90. The Bertz CT molecular complexity index is 653. The van der Waals surface area contributed by atoms with E-state index in [1.807, 2.05) is 0 Å². The van der Waals surface area contributed by atoms with Gasteiger partial charge in [-0.05, 0) is 25.1 Å². The van der Waals surface area contributed by atoms with Crippen molar-refractivity contribution in [3.8, 4) is 0 Å². The lowest BCUT2D eigenvalue weighted by molar-refractivity contribution is -0.384. The number of rotatable bonds is 3. The maximum absolute atomic E-state index is 11.1. The quantitative estimate of drug-likeness (QED) is 0.512. The Morgan fingerprint density at radius 2 is 2.21 bits per heavy atom. The zero-order chi connectivity index (χ0) is 14.2. The highest BCUT2D eigenvalue weighted by atomic mass is 35.5. The Hall–Kier alpha value is -2.28. The van der Waals surface area contributed by atoms with Crippen LogP contribution in [0.2, 0.25) is 5.02 Å². The van der Waals surface area contributed by atoms with Gasteiger partial charge in [-0.3, -0.25) is 10.1 Å². The summed E-state index contributed by atoms with van der Waals surface area (Å²) in [4.78, 5) is 10.6. The number of nitrogen functional groups attached to an aromatic ring is 1. The van der Waals surface area contributed by atoms with E-state index in [0.717, 1.165) is 0 Å². The molecule has 3 N–H and O–H groups in total. The van der Waals surface area contributed by atoms with Gasteiger partial charge in [0.1, 0.15) is 5.69 Å². The van der Waals surface area contributed by atoms with Gasteiger partial charge in [0.15, 0.2) is 0 Å². The SMILES string of the molecule is Cc1nn(C)c(Nc2cc(N)ccc2Cl)c1[N+](=O)[O-]. The molecule has 0 aliphatic heterocycles. The largest absolute Gasteiger partial charge is 0.399 e. The number of nitrogens with two attached hydrogens (primary N) is 1. The molecule has 0 atom stereocenters. The summed E-state index contributed by atoms with van der Waals surface area (Å²) in [6, 6.07) is 4.87. The number of nitrogens with zero attached hydrogens (tertiary/aromatic N) is 3. The number of anilines is 3. The molecule has 1 aromatic carbocycles. The smallest absolute Gasteiger partial charge is 0.334 e. The zero-order valence-corrected chi connectivity index (χ0v) is 11.1. The summed E-state index contributed by atoms with van der Waals surface area (Å²) >= 11 is 6.02. The van der Waals surface area contributed by atoms with Gasteiger partial charge in [-0.15, -0.1) is 0 Å². The van der Waals surface area contributed by atoms with Crippen molar-refractivity contribution < 1.29 is 4.92 Å². The van der Waals surface area contributed by atoms with Crippen LogP contribution in [0.3, 0.4) is 0 Å². The molecule has 2 aromatic rings. The number of nitrogens with one attached hydrogen (secondary N) is 1. The number of nitro groups is 1. The lowest BCUT2D eigenvalue weighted by Crippen LogP contribution is -2.02. The van der Waals surface area contributed by atoms with E-state index in [1.54, 1.807) is 32.2 Å². The summed E-state index contributed by atoms with van der Waals surface area (Å²) in [5, 5.41) is 18.4. The zero-order valence-electron chi connectivity index (χ0n) is 10.3. The monoisotopic (exact) mass is 281 g/mol. The average molecular weight is 282 g/mol. The molecule has 100 valence electrons. The molecule has 2 rings (SSSR count). The van der Waals surface area contributed by atoms with E-state index in [1.165, 1.54) is 4.68 Å². The summed E-state index contributed by atoms with van der Waals surface area (Å²) in [6.07, 6.45) is 0. The van der Waals surface area contributed by atoms with Crippen LogP contribution < -0.4 is 11.1 Å². The molecule has 0 aliphatic carbocycles. The molecule has 1 aromatic heterocycles. The minimum Gasteiger partial charge on any atom is -0.399 e. The molecular weight excluding hydrogens is 270 g/mol. The second-order valence-corrected chi connectivity index (χ2v) is 4.43. The highest BCUT2D eigenvalue weighted by molar-refractivity contribution is 6.33. The fraction of sp³-hybridized carbons (Fsp3) is 0.182. The van der Waals surface area contributed by atoms with Gasteiger partial charge in [0.05, 0.1) is 15.6 Å². The van der Waals surface area contributed by atoms with Crippen molar-refractivity contribution in [3.63, 3.8) is 0 Å². The predicted molar refractivity (Wildman–Crippen MR) is 73.7 cm³/mol. The molecule has 0 aliphatic rings. The number of hydrogen-bond donors (Lipinski definition) is 2. The third kappa shape index (κ3) is 2.45. The molecule has 19 heavy (non-hydrogen) atoms. The Morgan fingerprint density at radius 1 is 1.53 bits per heavy atom. The van der Waals surface area contributed by atoms with Gasteiger partial charge in [-0.25, -0.2) is 4.68 Å². The molecule has 0 saturated heterocycles. The van der Waals surface area contributed by atoms with E-state index in [9.17, 15) is 10.1 Å². The van der Waals surface area contributed by atoms with E-state index < -0.39 is 4.92 Å². The summed E-state index contributed by atoms with van der Waals surface area (Å²) in [6.45, 7) is 1.57. The molecule has 0 spiro atoms. The molecule has 0 bridgehead atoms. The van der Waals surface area contributed by atoms with Crippen molar-refractivity contribution in [2.75, 3.05) is 11.1 Å². The molecule has 0 saturated carbocycles. The molecule has 0 unspecified atom stereocenters. The van der Waals surface area contributed by atoms with Crippen LogP contribution in [0.4, 0.5) is 22.9 Å². The summed E-state index contributed by atoms with van der Waals surface area (Å²) in [5.41, 5.74) is 6.91. The summed E-state index contributed by atoms with van der Waals surface area (Å²) in [7, 11) is 1.61.